The highest BCUT2D eigenvalue weighted by molar-refractivity contribution is 6.79. The van der Waals surface area contributed by atoms with Gasteiger partial charge in [0.05, 0.1) is 15.2 Å². The molecule has 2 heteroatoms. The lowest BCUT2D eigenvalue weighted by Crippen LogP contribution is -2.39. The van der Waals surface area contributed by atoms with E-state index in [4.69, 9.17) is 4.74 Å². The summed E-state index contributed by atoms with van der Waals surface area (Å²) in [4.78, 5) is 0. The molecule has 0 radical (unpaired) electrons. The van der Waals surface area contributed by atoms with Crippen molar-refractivity contribution < 1.29 is 4.74 Å². The molecule has 2 aromatic rings. The van der Waals surface area contributed by atoms with Gasteiger partial charge in [-0.05, 0) is 53.3 Å². The number of aryl methyl sites for hydroxylation is 1. The predicted molar refractivity (Wildman–Crippen MR) is 108 cm³/mol. The fourth-order valence-electron chi connectivity index (χ4n) is 2.84. The molecule has 24 heavy (non-hydrogen) atoms. The Labute approximate surface area is 149 Å². The van der Waals surface area contributed by atoms with Crippen LogP contribution in [0, 0.1) is 6.92 Å². The van der Waals surface area contributed by atoms with Crippen LogP contribution in [0.5, 0.6) is 5.75 Å². The van der Waals surface area contributed by atoms with Crippen molar-refractivity contribution in [1.82, 2.24) is 0 Å². The van der Waals surface area contributed by atoms with E-state index in [0.29, 0.717) is 5.04 Å². The van der Waals surface area contributed by atoms with Crippen molar-refractivity contribution in [3.05, 3.63) is 64.7 Å². The number of methoxy groups -OCH3 is 1. The van der Waals surface area contributed by atoms with Gasteiger partial charge >= 0.3 is 0 Å². The van der Waals surface area contributed by atoms with Crippen LogP contribution >= 0.6 is 0 Å². The van der Waals surface area contributed by atoms with E-state index in [2.05, 4.69) is 77.2 Å². The molecule has 0 aliphatic carbocycles. The van der Waals surface area contributed by atoms with Gasteiger partial charge in [0.1, 0.15) is 5.75 Å². The van der Waals surface area contributed by atoms with E-state index in [-0.39, 0.29) is 0 Å². The number of rotatable bonds is 5. The molecule has 0 fully saturated rings. The lowest BCUT2D eigenvalue weighted by molar-refractivity contribution is 0.414. The molecule has 0 spiro atoms. The Morgan fingerprint density at radius 3 is 2.25 bits per heavy atom. The van der Waals surface area contributed by atoms with Crippen LogP contribution in [-0.4, -0.2) is 15.2 Å². The molecule has 1 nitrogen and oxygen atoms in total. The van der Waals surface area contributed by atoms with E-state index in [1.54, 1.807) is 7.11 Å². The summed E-state index contributed by atoms with van der Waals surface area (Å²) in [5, 5.41) is 0.431. The zero-order valence-electron chi connectivity index (χ0n) is 16.4. The van der Waals surface area contributed by atoms with Crippen LogP contribution in [0.25, 0.3) is 0 Å². The second-order valence-electron chi connectivity index (χ2n) is 8.60. The van der Waals surface area contributed by atoms with Crippen molar-refractivity contribution in [3.8, 4) is 5.75 Å². The molecule has 2 aromatic carbocycles. The Morgan fingerprint density at radius 2 is 1.67 bits per heavy atom. The van der Waals surface area contributed by atoms with Crippen molar-refractivity contribution in [2.24, 2.45) is 0 Å². The summed E-state index contributed by atoms with van der Waals surface area (Å²) in [7, 11) is 0.433. The minimum atomic E-state index is -1.29. The normalized spacial score (nSPS) is 12.3. The van der Waals surface area contributed by atoms with Crippen LogP contribution < -0.4 is 4.74 Å². The summed E-state index contributed by atoms with van der Waals surface area (Å²) in [5.74, 6) is 0.930. The third kappa shape index (κ3) is 4.51. The summed E-state index contributed by atoms with van der Waals surface area (Å²) < 4.78 is 5.33. The van der Waals surface area contributed by atoms with Crippen LogP contribution in [0.2, 0.25) is 18.1 Å². The Balaban J connectivity index is 2.18. The highest BCUT2D eigenvalue weighted by Gasteiger charge is 2.34. The van der Waals surface area contributed by atoms with Gasteiger partial charge in [-0.25, -0.2) is 0 Å². The average molecular weight is 341 g/mol. The zero-order chi connectivity index (χ0) is 18.0. The number of ether oxygens (including phenoxy) is 1. The number of benzene rings is 2. The van der Waals surface area contributed by atoms with Gasteiger partial charge in [0.15, 0.2) is 0 Å². The first kappa shape index (κ1) is 18.8. The van der Waals surface area contributed by atoms with Gasteiger partial charge in [0.25, 0.3) is 0 Å². The molecular formula is C22H32OSi. The maximum Gasteiger partial charge on any atom is 0.119 e. The SMILES string of the molecule is COc1cccc(Cc2ccc(C[Si](C)(C)C(C)(C)C)cc2C)c1. The first-order chi connectivity index (χ1) is 11.1. The lowest BCUT2D eigenvalue weighted by atomic mass is 9.99. The van der Waals surface area contributed by atoms with Crippen LogP contribution in [-0.2, 0) is 12.5 Å². The molecule has 0 N–H and O–H groups in total. The molecule has 0 amide bonds. The molecule has 130 valence electrons. The monoisotopic (exact) mass is 340 g/mol. The van der Waals surface area contributed by atoms with Crippen molar-refractivity contribution in [2.45, 2.75) is 58.3 Å². The molecule has 2 rings (SSSR count). The predicted octanol–water partition coefficient (Wildman–Crippen LogP) is 6.18. The molecule has 0 atom stereocenters. The topological polar surface area (TPSA) is 9.23 Å². The van der Waals surface area contributed by atoms with Gasteiger partial charge < -0.3 is 4.74 Å². The smallest absolute Gasteiger partial charge is 0.119 e. The number of hydrogen-bond acceptors (Lipinski definition) is 1. The average Bonchev–Trinajstić information content (AvgIpc) is 2.49. The first-order valence-corrected chi connectivity index (χ1v) is 12.0. The van der Waals surface area contributed by atoms with Gasteiger partial charge in [0, 0.05) is 0 Å². The van der Waals surface area contributed by atoms with Gasteiger partial charge in [-0.2, -0.15) is 0 Å². The highest BCUT2D eigenvalue weighted by Crippen LogP contribution is 2.38. The van der Waals surface area contributed by atoms with Gasteiger partial charge in [0.2, 0.25) is 0 Å². The molecule has 0 bridgehead atoms. The molecular weight excluding hydrogens is 308 g/mol. The first-order valence-electron chi connectivity index (χ1n) is 8.84. The molecule has 0 saturated heterocycles. The quantitative estimate of drug-likeness (QED) is 0.590. The summed E-state index contributed by atoms with van der Waals surface area (Å²) in [5.41, 5.74) is 5.60. The van der Waals surface area contributed by atoms with Crippen LogP contribution in [0.3, 0.4) is 0 Å². The fourth-order valence-corrected chi connectivity index (χ4v) is 4.61. The summed E-state index contributed by atoms with van der Waals surface area (Å²) in [6.45, 7) is 14.4. The zero-order valence-corrected chi connectivity index (χ0v) is 17.4. The minimum absolute atomic E-state index is 0.431. The third-order valence-electron chi connectivity index (χ3n) is 5.61. The van der Waals surface area contributed by atoms with E-state index < -0.39 is 8.07 Å². The molecule has 0 aliphatic heterocycles. The van der Waals surface area contributed by atoms with Gasteiger partial charge in [-0.3, -0.25) is 0 Å². The van der Waals surface area contributed by atoms with Crippen molar-refractivity contribution in [3.63, 3.8) is 0 Å². The standard InChI is InChI=1S/C22H32OSi/c1-17-13-19(16-24(6,7)22(2,3)4)11-12-20(17)14-18-9-8-10-21(15-18)23-5/h8-13,15H,14,16H2,1-7H3. The second kappa shape index (κ2) is 7.14. The van der Waals surface area contributed by atoms with Crippen molar-refractivity contribution in [2.75, 3.05) is 7.11 Å². The Kier molecular flexibility index (Phi) is 5.59. The molecule has 0 aliphatic rings. The molecule has 0 saturated carbocycles. The lowest BCUT2D eigenvalue weighted by Gasteiger charge is -2.37. The molecule has 0 aromatic heterocycles. The maximum absolute atomic E-state index is 5.33. The van der Waals surface area contributed by atoms with E-state index in [0.717, 1.165) is 12.2 Å². The highest BCUT2D eigenvalue weighted by atomic mass is 28.3. The van der Waals surface area contributed by atoms with Crippen LogP contribution in [0.15, 0.2) is 42.5 Å². The van der Waals surface area contributed by atoms with Gasteiger partial charge in [-0.15, -0.1) is 0 Å². The third-order valence-corrected chi connectivity index (χ3v) is 11.0. The summed E-state index contributed by atoms with van der Waals surface area (Å²) in [6.07, 6.45) is 0.962. The van der Waals surface area contributed by atoms with Crippen molar-refractivity contribution in [1.29, 1.82) is 0 Å². The van der Waals surface area contributed by atoms with Crippen molar-refractivity contribution >= 4 is 8.07 Å². The Morgan fingerprint density at radius 1 is 0.958 bits per heavy atom. The molecule has 0 unspecified atom stereocenters. The maximum atomic E-state index is 5.33. The number of hydrogen-bond donors (Lipinski definition) is 0. The van der Waals surface area contributed by atoms with E-state index >= 15 is 0 Å². The van der Waals surface area contributed by atoms with Gasteiger partial charge in [-0.1, -0.05) is 69.8 Å². The largest absolute Gasteiger partial charge is 0.497 e. The summed E-state index contributed by atoms with van der Waals surface area (Å²) in [6, 6.07) is 16.7. The Hall–Kier alpha value is -1.54. The van der Waals surface area contributed by atoms with E-state index in [1.807, 2.05) is 6.07 Å². The minimum Gasteiger partial charge on any atom is -0.497 e. The van der Waals surface area contributed by atoms with Crippen LogP contribution in [0.1, 0.15) is 43.0 Å². The Bertz CT molecular complexity index is 695. The van der Waals surface area contributed by atoms with E-state index in [1.165, 1.54) is 28.3 Å². The second-order valence-corrected chi connectivity index (χ2v) is 14.2. The summed E-state index contributed by atoms with van der Waals surface area (Å²) >= 11 is 0. The van der Waals surface area contributed by atoms with E-state index in [9.17, 15) is 0 Å². The molecule has 0 heterocycles. The fraction of sp³-hybridized carbons (Fsp3) is 0.455. The van der Waals surface area contributed by atoms with Crippen LogP contribution in [0.4, 0.5) is 0 Å².